The van der Waals surface area contributed by atoms with Gasteiger partial charge < -0.3 is 15.7 Å². The normalized spacial score (nSPS) is 23.1. The summed E-state index contributed by atoms with van der Waals surface area (Å²) in [6.45, 7) is 2.47. The molecule has 1 aromatic heterocycles. The van der Waals surface area contributed by atoms with Crippen molar-refractivity contribution in [3.8, 4) is 0 Å². The quantitative estimate of drug-likeness (QED) is 0.812. The molecule has 1 fully saturated rings. The number of amides is 1. The molecule has 0 aromatic carbocycles. The molecule has 2 rings (SSSR count). The van der Waals surface area contributed by atoms with Crippen LogP contribution in [0, 0.1) is 5.92 Å². The molecule has 1 aromatic rings. The summed E-state index contributed by atoms with van der Waals surface area (Å²) in [5.74, 6) is -1.18. The number of hydrogen-bond donors (Lipinski definition) is 2. The topological polar surface area (TPSA) is 96.5 Å². The van der Waals surface area contributed by atoms with Crippen LogP contribution in [0.3, 0.4) is 0 Å². The van der Waals surface area contributed by atoms with Crippen LogP contribution in [0.5, 0.6) is 0 Å². The molecule has 6 nitrogen and oxygen atoms in total. The van der Waals surface area contributed by atoms with Crippen LogP contribution >= 0.6 is 0 Å². The van der Waals surface area contributed by atoms with Crippen LogP contribution in [0.15, 0.2) is 18.2 Å². The van der Waals surface area contributed by atoms with Crippen LogP contribution in [0.1, 0.15) is 23.8 Å². The SMILES string of the molecule is CC1C(C(=O)O)CCN1c1cccc(C(N)=O)n1. The van der Waals surface area contributed by atoms with E-state index in [-0.39, 0.29) is 11.7 Å². The molecule has 1 saturated heterocycles. The Balaban J connectivity index is 2.25. The van der Waals surface area contributed by atoms with Crippen molar-refractivity contribution in [2.75, 3.05) is 11.4 Å². The first-order valence-electron chi connectivity index (χ1n) is 5.77. The average molecular weight is 249 g/mol. The minimum absolute atomic E-state index is 0.141. The summed E-state index contributed by atoms with van der Waals surface area (Å²) in [6.07, 6.45) is 0.582. The monoisotopic (exact) mass is 249 g/mol. The second-order valence-corrected chi connectivity index (χ2v) is 4.41. The van der Waals surface area contributed by atoms with Crippen molar-refractivity contribution in [2.24, 2.45) is 11.7 Å². The molecule has 0 saturated carbocycles. The van der Waals surface area contributed by atoms with Gasteiger partial charge in [0.25, 0.3) is 5.91 Å². The van der Waals surface area contributed by atoms with Crippen molar-refractivity contribution in [1.82, 2.24) is 4.98 Å². The van der Waals surface area contributed by atoms with Crippen LogP contribution in [-0.4, -0.2) is 34.6 Å². The molecule has 2 heterocycles. The van der Waals surface area contributed by atoms with E-state index in [4.69, 9.17) is 10.8 Å². The van der Waals surface area contributed by atoms with Gasteiger partial charge in [-0.1, -0.05) is 6.07 Å². The van der Waals surface area contributed by atoms with Gasteiger partial charge in [-0.2, -0.15) is 0 Å². The molecule has 18 heavy (non-hydrogen) atoms. The van der Waals surface area contributed by atoms with Gasteiger partial charge in [0.05, 0.1) is 5.92 Å². The van der Waals surface area contributed by atoms with Gasteiger partial charge in [-0.15, -0.1) is 0 Å². The summed E-state index contributed by atoms with van der Waals surface area (Å²) in [7, 11) is 0. The van der Waals surface area contributed by atoms with Crippen molar-refractivity contribution in [2.45, 2.75) is 19.4 Å². The van der Waals surface area contributed by atoms with Crippen LogP contribution in [0.25, 0.3) is 0 Å². The number of carbonyl (C=O) groups excluding carboxylic acids is 1. The fraction of sp³-hybridized carbons (Fsp3) is 0.417. The minimum atomic E-state index is -0.795. The lowest BCUT2D eigenvalue weighted by molar-refractivity contribution is -0.141. The number of aliphatic carboxylic acids is 1. The Morgan fingerprint density at radius 2 is 2.22 bits per heavy atom. The third kappa shape index (κ3) is 2.13. The Hall–Kier alpha value is -2.11. The zero-order chi connectivity index (χ0) is 13.3. The number of carboxylic acids is 1. The lowest BCUT2D eigenvalue weighted by Gasteiger charge is -2.24. The summed E-state index contributed by atoms with van der Waals surface area (Å²) in [4.78, 5) is 28.2. The van der Waals surface area contributed by atoms with E-state index in [0.717, 1.165) is 0 Å². The molecule has 2 atom stereocenters. The third-order valence-corrected chi connectivity index (χ3v) is 3.35. The molecule has 0 spiro atoms. The molecule has 0 bridgehead atoms. The Kier molecular flexibility index (Phi) is 3.18. The van der Waals surface area contributed by atoms with E-state index in [1.54, 1.807) is 18.2 Å². The highest BCUT2D eigenvalue weighted by Gasteiger charge is 2.36. The maximum atomic E-state index is 11.1. The number of nitrogens with zero attached hydrogens (tertiary/aromatic N) is 2. The maximum Gasteiger partial charge on any atom is 0.308 e. The maximum absolute atomic E-state index is 11.1. The van der Waals surface area contributed by atoms with Gasteiger partial charge in [0.2, 0.25) is 0 Å². The number of hydrogen-bond acceptors (Lipinski definition) is 4. The van der Waals surface area contributed by atoms with E-state index in [1.807, 2.05) is 11.8 Å². The van der Waals surface area contributed by atoms with Crippen molar-refractivity contribution < 1.29 is 14.7 Å². The summed E-state index contributed by atoms with van der Waals surface area (Å²) in [5, 5.41) is 9.07. The van der Waals surface area contributed by atoms with Gasteiger partial charge in [-0.3, -0.25) is 9.59 Å². The molecule has 1 aliphatic heterocycles. The van der Waals surface area contributed by atoms with Crippen LogP contribution in [-0.2, 0) is 4.79 Å². The first-order valence-corrected chi connectivity index (χ1v) is 5.77. The van der Waals surface area contributed by atoms with Gasteiger partial charge in [-0.25, -0.2) is 4.98 Å². The molecule has 1 aliphatic rings. The molecule has 3 N–H and O–H groups in total. The third-order valence-electron chi connectivity index (χ3n) is 3.35. The molecular weight excluding hydrogens is 234 g/mol. The van der Waals surface area contributed by atoms with E-state index in [0.29, 0.717) is 18.8 Å². The van der Waals surface area contributed by atoms with Crippen LogP contribution < -0.4 is 10.6 Å². The van der Waals surface area contributed by atoms with E-state index < -0.39 is 17.8 Å². The van der Waals surface area contributed by atoms with Gasteiger partial charge in [-0.05, 0) is 25.5 Å². The predicted molar refractivity (Wildman–Crippen MR) is 65.3 cm³/mol. The predicted octanol–water partition coefficient (Wildman–Crippen LogP) is 0.480. The first kappa shape index (κ1) is 12.3. The largest absolute Gasteiger partial charge is 0.481 e. The second-order valence-electron chi connectivity index (χ2n) is 4.41. The number of carboxylic acid groups (broad SMARTS) is 1. The van der Waals surface area contributed by atoms with Crippen LogP contribution in [0.2, 0.25) is 0 Å². The number of rotatable bonds is 3. The Labute approximate surface area is 104 Å². The first-order chi connectivity index (χ1) is 8.50. The molecule has 1 amide bonds. The number of nitrogens with two attached hydrogens (primary N) is 1. The van der Waals surface area contributed by atoms with Gasteiger partial charge in [0.1, 0.15) is 11.5 Å². The van der Waals surface area contributed by atoms with E-state index in [2.05, 4.69) is 4.98 Å². The highest BCUT2D eigenvalue weighted by molar-refractivity contribution is 5.91. The molecule has 0 radical (unpaired) electrons. The van der Waals surface area contributed by atoms with E-state index in [9.17, 15) is 9.59 Å². The standard InChI is InChI=1S/C12H15N3O3/c1-7-8(12(17)18)5-6-15(7)10-4-2-3-9(14-10)11(13)16/h2-4,7-8H,5-6H2,1H3,(H2,13,16)(H,17,18). The zero-order valence-electron chi connectivity index (χ0n) is 10.0. The minimum Gasteiger partial charge on any atom is -0.481 e. The van der Waals surface area contributed by atoms with Crippen LogP contribution in [0.4, 0.5) is 5.82 Å². The fourth-order valence-corrected chi connectivity index (χ4v) is 2.31. The highest BCUT2D eigenvalue weighted by atomic mass is 16.4. The lowest BCUT2D eigenvalue weighted by atomic mass is 10.0. The van der Waals surface area contributed by atoms with E-state index >= 15 is 0 Å². The average Bonchev–Trinajstić information content (AvgIpc) is 2.71. The number of anilines is 1. The highest BCUT2D eigenvalue weighted by Crippen LogP contribution is 2.28. The van der Waals surface area contributed by atoms with Gasteiger partial charge >= 0.3 is 5.97 Å². The van der Waals surface area contributed by atoms with Gasteiger partial charge in [0.15, 0.2) is 0 Å². The summed E-state index contributed by atoms with van der Waals surface area (Å²) in [5.41, 5.74) is 5.37. The Morgan fingerprint density at radius 1 is 1.50 bits per heavy atom. The van der Waals surface area contributed by atoms with Crippen molar-refractivity contribution in [3.05, 3.63) is 23.9 Å². The zero-order valence-corrected chi connectivity index (χ0v) is 10.0. The van der Waals surface area contributed by atoms with E-state index in [1.165, 1.54) is 0 Å². The number of carbonyl (C=O) groups is 2. The number of primary amides is 1. The second kappa shape index (κ2) is 4.64. The number of aromatic nitrogens is 1. The Bertz CT molecular complexity index is 489. The summed E-state index contributed by atoms with van der Waals surface area (Å²) >= 11 is 0. The molecule has 2 unspecified atom stereocenters. The molecule has 6 heteroatoms. The summed E-state index contributed by atoms with van der Waals surface area (Å²) < 4.78 is 0. The molecular formula is C12H15N3O3. The Morgan fingerprint density at radius 3 is 2.78 bits per heavy atom. The molecule has 0 aliphatic carbocycles. The smallest absolute Gasteiger partial charge is 0.308 e. The van der Waals surface area contributed by atoms with Gasteiger partial charge in [0, 0.05) is 12.6 Å². The summed E-state index contributed by atoms with van der Waals surface area (Å²) in [6, 6.07) is 4.86. The van der Waals surface area contributed by atoms with Crippen molar-refractivity contribution in [1.29, 1.82) is 0 Å². The van der Waals surface area contributed by atoms with Crippen molar-refractivity contribution >= 4 is 17.7 Å². The number of pyridine rings is 1. The van der Waals surface area contributed by atoms with Crippen molar-refractivity contribution in [3.63, 3.8) is 0 Å². The molecule has 96 valence electrons. The fourth-order valence-electron chi connectivity index (χ4n) is 2.31. The lowest BCUT2D eigenvalue weighted by Crippen LogP contribution is -2.33.